The van der Waals surface area contributed by atoms with Crippen molar-refractivity contribution in [1.82, 2.24) is 15.1 Å². The average molecular weight is 365 g/mol. The summed E-state index contributed by atoms with van der Waals surface area (Å²) >= 11 is 0. The van der Waals surface area contributed by atoms with Gasteiger partial charge in [0.25, 0.3) is 5.91 Å². The van der Waals surface area contributed by atoms with E-state index in [1.54, 1.807) is 15.9 Å². The predicted octanol–water partition coefficient (Wildman–Crippen LogP) is 2.74. The highest BCUT2D eigenvalue weighted by molar-refractivity contribution is 5.94. The molecule has 1 aromatic carbocycles. The minimum absolute atomic E-state index is 0.0158. The van der Waals surface area contributed by atoms with E-state index in [0.717, 1.165) is 0 Å². The topological polar surface area (TPSA) is 61.9 Å². The van der Waals surface area contributed by atoms with Gasteiger partial charge in [0, 0.05) is 38.3 Å². The number of hydrogen-bond acceptors (Lipinski definition) is 3. The van der Waals surface area contributed by atoms with Crippen LogP contribution in [0.4, 0.5) is 9.18 Å². The van der Waals surface area contributed by atoms with Crippen molar-refractivity contribution in [3.05, 3.63) is 29.6 Å². The Kier molecular flexibility index (Phi) is 6.45. The summed E-state index contributed by atoms with van der Waals surface area (Å²) in [7, 11) is 1.38. The standard InChI is InChI=1S/C19H28FN3O3/c1-19(2,3)13-21-18(25)23-9-5-8-22(10-11-23)17(24)14-6-7-16(26-4)15(20)12-14/h6-7,12H,5,8-11,13H2,1-4H3,(H,21,25). The number of benzene rings is 1. The highest BCUT2D eigenvalue weighted by atomic mass is 19.1. The maximum atomic E-state index is 13.9. The number of hydrogen-bond donors (Lipinski definition) is 1. The fourth-order valence-electron chi connectivity index (χ4n) is 2.76. The smallest absolute Gasteiger partial charge is 0.317 e. The molecule has 0 aromatic heterocycles. The minimum Gasteiger partial charge on any atom is -0.494 e. The van der Waals surface area contributed by atoms with Gasteiger partial charge >= 0.3 is 6.03 Å². The van der Waals surface area contributed by atoms with Gasteiger partial charge in [0.05, 0.1) is 7.11 Å². The van der Waals surface area contributed by atoms with Crippen molar-refractivity contribution in [2.24, 2.45) is 5.41 Å². The van der Waals surface area contributed by atoms with Crippen molar-refractivity contribution in [3.63, 3.8) is 0 Å². The molecule has 26 heavy (non-hydrogen) atoms. The van der Waals surface area contributed by atoms with Gasteiger partial charge in [-0.25, -0.2) is 9.18 Å². The first-order valence-corrected chi connectivity index (χ1v) is 8.87. The van der Waals surface area contributed by atoms with Gasteiger partial charge in [0.2, 0.25) is 0 Å². The Morgan fingerprint density at radius 3 is 2.42 bits per heavy atom. The third-order valence-electron chi connectivity index (χ3n) is 4.24. The Balaban J connectivity index is 1.96. The lowest BCUT2D eigenvalue weighted by Gasteiger charge is -2.25. The molecule has 0 radical (unpaired) electrons. The van der Waals surface area contributed by atoms with E-state index in [9.17, 15) is 14.0 Å². The number of halogens is 1. The number of carbonyl (C=O) groups excluding carboxylic acids is 2. The van der Waals surface area contributed by atoms with Crippen LogP contribution in [0.25, 0.3) is 0 Å². The van der Waals surface area contributed by atoms with Crippen LogP contribution >= 0.6 is 0 Å². The van der Waals surface area contributed by atoms with Crippen LogP contribution < -0.4 is 10.1 Å². The van der Waals surface area contributed by atoms with Gasteiger partial charge in [-0.3, -0.25) is 4.79 Å². The number of urea groups is 1. The maximum absolute atomic E-state index is 13.9. The number of rotatable bonds is 3. The molecule has 6 nitrogen and oxygen atoms in total. The maximum Gasteiger partial charge on any atom is 0.317 e. The summed E-state index contributed by atoms with van der Waals surface area (Å²) < 4.78 is 18.7. The van der Waals surface area contributed by atoms with Gasteiger partial charge < -0.3 is 19.9 Å². The lowest BCUT2D eigenvalue weighted by atomic mass is 9.97. The van der Waals surface area contributed by atoms with E-state index in [0.29, 0.717) is 39.1 Å². The third kappa shape index (κ3) is 5.34. The largest absolute Gasteiger partial charge is 0.494 e. The molecule has 0 aliphatic carbocycles. The molecule has 1 N–H and O–H groups in total. The highest BCUT2D eigenvalue weighted by Crippen LogP contribution is 2.19. The van der Waals surface area contributed by atoms with Crippen molar-refractivity contribution < 1.29 is 18.7 Å². The molecular formula is C19H28FN3O3. The molecule has 144 valence electrons. The van der Waals surface area contributed by atoms with E-state index in [1.165, 1.54) is 19.2 Å². The summed E-state index contributed by atoms with van der Waals surface area (Å²) in [5.41, 5.74) is 0.302. The Morgan fingerprint density at radius 2 is 1.81 bits per heavy atom. The molecule has 1 aliphatic rings. The number of carbonyl (C=O) groups is 2. The zero-order chi connectivity index (χ0) is 19.3. The van der Waals surface area contributed by atoms with E-state index in [-0.39, 0.29) is 28.7 Å². The van der Waals surface area contributed by atoms with Crippen LogP contribution in [0.1, 0.15) is 37.6 Å². The highest BCUT2D eigenvalue weighted by Gasteiger charge is 2.24. The monoisotopic (exact) mass is 365 g/mol. The number of ether oxygens (including phenoxy) is 1. The number of amides is 3. The van der Waals surface area contributed by atoms with Crippen LogP contribution in [0.2, 0.25) is 0 Å². The number of methoxy groups -OCH3 is 1. The van der Waals surface area contributed by atoms with Gasteiger partial charge in [-0.1, -0.05) is 20.8 Å². The molecule has 0 unspecified atom stereocenters. The SMILES string of the molecule is COc1ccc(C(=O)N2CCCN(C(=O)NCC(C)(C)C)CC2)cc1F. The molecule has 2 rings (SSSR count). The Hall–Kier alpha value is -2.31. The van der Waals surface area contributed by atoms with Crippen LogP contribution in [0.5, 0.6) is 5.75 Å². The molecule has 7 heteroatoms. The first kappa shape index (κ1) is 20.0. The van der Waals surface area contributed by atoms with Gasteiger partial charge in [-0.05, 0) is 30.0 Å². The van der Waals surface area contributed by atoms with Crippen LogP contribution in [-0.2, 0) is 0 Å². The van der Waals surface area contributed by atoms with E-state index in [4.69, 9.17) is 4.74 Å². The second-order valence-corrected chi connectivity index (χ2v) is 7.70. The molecule has 1 heterocycles. The van der Waals surface area contributed by atoms with Crippen molar-refractivity contribution in [2.45, 2.75) is 27.2 Å². The first-order valence-electron chi connectivity index (χ1n) is 8.87. The van der Waals surface area contributed by atoms with Crippen LogP contribution in [0.15, 0.2) is 18.2 Å². The normalized spacial score (nSPS) is 15.4. The summed E-state index contributed by atoms with van der Waals surface area (Å²) in [6, 6.07) is 4.10. The van der Waals surface area contributed by atoms with Gasteiger partial charge in [0.15, 0.2) is 11.6 Å². The molecular weight excluding hydrogens is 337 g/mol. The van der Waals surface area contributed by atoms with E-state index in [1.807, 2.05) is 0 Å². The average Bonchev–Trinajstić information content (AvgIpc) is 2.84. The Bertz CT molecular complexity index is 658. The summed E-state index contributed by atoms with van der Waals surface area (Å²) in [5.74, 6) is -0.682. The summed E-state index contributed by atoms with van der Waals surface area (Å²) in [4.78, 5) is 28.3. The fourth-order valence-corrected chi connectivity index (χ4v) is 2.76. The van der Waals surface area contributed by atoms with E-state index < -0.39 is 5.82 Å². The number of nitrogens with one attached hydrogen (secondary N) is 1. The van der Waals surface area contributed by atoms with Crippen molar-refractivity contribution >= 4 is 11.9 Å². The van der Waals surface area contributed by atoms with Gasteiger partial charge in [0.1, 0.15) is 0 Å². The quantitative estimate of drug-likeness (QED) is 0.896. The van der Waals surface area contributed by atoms with Crippen LogP contribution in [0, 0.1) is 11.2 Å². The van der Waals surface area contributed by atoms with Gasteiger partial charge in [-0.15, -0.1) is 0 Å². The van der Waals surface area contributed by atoms with Crippen molar-refractivity contribution in [3.8, 4) is 5.75 Å². The molecule has 1 aromatic rings. The fraction of sp³-hybridized carbons (Fsp3) is 0.579. The molecule has 3 amide bonds. The van der Waals surface area contributed by atoms with Gasteiger partial charge in [-0.2, -0.15) is 0 Å². The summed E-state index contributed by atoms with van der Waals surface area (Å²) in [6.45, 7) is 8.79. The first-order chi connectivity index (χ1) is 12.2. The van der Waals surface area contributed by atoms with Crippen LogP contribution in [0.3, 0.4) is 0 Å². The molecule has 0 spiro atoms. The lowest BCUT2D eigenvalue weighted by molar-refractivity contribution is 0.0761. The molecule has 1 saturated heterocycles. The molecule has 0 bridgehead atoms. The lowest BCUT2D eigenvalue weighted by Crippen LogP contribution is -2.44. The predicted molar refractivity (Wildman–Crippen MR) is 97.9 cm³/mol. The second-order valence-electron chi connectivity index (χ2n) is 7.70. The van der Waals surface area contributed by atoms with Crippen LogP contribution in [-0.4, -0.2) is 61.6 Å². The summed E-state index contributed by atoms with van der Waals surface area (Å²) in [5, 5.41) is 2.94. The summed E-state index contributed by atoms with van der Waals surface area (Å²) in [6.07, 6.45) is 0.688. The van der Waals surface area contributed by atoms with Crippen molar-refractivity contribution in [1.29, 1.82) is 0 Å². The molecule has 0 atom stereocenters. The Morgan fingerprint density at radius 1 is 1.15 bits per heavy atom. The molecule has 1 aliphatic heterocycles. The minimum atomic E-state index is -0.559. The van der Waals surface area contributed by atoms with E-state index >= 15 is 0 Å². The molecule has 1 fully saturated rings. The zero-order valence-corrected chi connectivity index (χ0v) is 16.0. The van der Waals surface area contributed by atoms with Crippen molar-refractivity contribution in [2.75, 3.05) is 39.8 Å². The molecule has 0 saturated carbocycles. The third-order valence-corrected chi connectivity index (χ3v) is 4.24. The number of nitrogens with zero attached hydrogens (tertiary/aromatic N) is 2. The van der Waals surface area contributed by atoms with E-state index in [2.05, 4.69) is 26.1 Å². The second kappa shape index (κ2) is 8.38. The zero-order valence-electron chi connectivity index (χ0n) is 16.0. The Labute approximate surface area is 154 Å².